The Balaban J connectivity index is 1.61. The fraction of sp³-hybridized carbons (Fsp3) is 0.278. The number of anilines is 1. The first-order valence-corrected chi connectivity index (χ1v) is 10.1. The molecular weight excluding hydrogens is 376 g/mol. The average Bonchev–Trinajstić information content (AvgIpc) is 3.01. The number of nitrogens with zero attached hydrogens (tertiary/aromatic N) is 1. The van der Waals surface area contributed by atoms with Crippen molar-refractivity contribution >= 4 is 33.2 Å². The molecule has 2 aromatic carbocycles. The van der Waals surface area contributed by atoms with Crippen molar-refractivity contribution in [3.63, 3.8) is 0 Å². The molecule has 6 nitrogen and oxygen atoms in total. The lowest BCUT2D eigenvalue weighted by Gasteiger charge is -2.32. The number of morpholine rings is 1. The van der Waals surface area contributed by atoms with Gasteiger partial charge in [0, 0.05) is 29.4 Å². The van der Waals surface area contributed by atoms with Crippen molar-refractivity contribution < 1.29 is 17.9 Å². The summed E-state index contributed by atoms with van der Waals surface area (Å²) < 4.78 is 33.3. The van der Waals surface area contributed by atoms with Crippen LogP contribution < -0.4 is 5.32 Å². The molecule has 1 N–H and O–H groups in total. The third-order valence-electron chi connectivity index (χ3n) is 4.62. The van der Waals surface area contributed by atoms with Crippen LogP contribution in [0.4, 0.5) is 5.69 Å². The monoisotopic (exact) mass is 392 g/mol. The number of benzene rings is 2. The molecule has 0 saturated carbocycles. The van der Waals surface area contributed by atoms with E-state index in [1.807, 2.05) is 18.2 Å². The molecule has 2 aliphatic heterocycles. The Morgan fingerprint density at radius 3 is 2.81 bits per heavy atom. The maximum Gasteiger partial charge on any atom is 0.243 e. The highest BCUT2D eigenvalue weighted by Gasteiger charge is 2.33. The van der Waals surface area contributed by atoms with E-state index < -0.39 is 16.1 Å². The van der Waals surface area contributed by atoms with Crippen LogP contribution in [0.25, 0.3) is 0 Å². The summed E-state index contributed by atoms with van der Waals surface area (Å²) in [4.78, 5) is 11.7. The van der Waals surface area contributed by atoms with E-state index in [0.29, 0.717) is 22.9 Å². The Morgan fingerprint density at radius 1 is 1.19 bits per heavy atom. The molecule has 2 aromatic rings. The van der Waals surface area contributed by atoms with Crippen LogP contribution in [0.15, 0.2) is 47.4 Å². The number of amides is 1. The van der Waals surface area contributed by atoms with Crippen LogP contribution in [0.3, 0.4) is 0 Å². The van der Waals surface area contributed by atoms with Gasteiger partial charge in [0.25, 0.3) is 0 Å². The molecule has 4 rings (SSSR count). The van der Waals surface area contributed by atoms with Gasteiger partial charge in [-0.25, -0.2) is 8.42 Å². The highest BCUT2D eigenvalue weighted by atomic mass is 35.5. The van der Waals surface area contributed by atoms with Crippen molar-refractivity contribution in [2.45, 2.75) is 17.4 Å². The van der Waals surface area contributed by atoms with E-state index in [-0.39, 0.29) is 30.3 Å². The second kappa shape index (κ2) is 6.66. The van der Waals surface area contributed by atoms with Crippen molar-refractivity contribution in [2.24, 2.45) is 0 Å². The quantitative estimate of drug-likeness (QED) is 0.871. The minimum absolute atomic E-state index is 0.125. The van der Waals surface area contributed by atoms with Gasteiger partial charge >= 0.3 is 0 Å². The fourth-order valence-corrected chi connectivity index (χ4v) is 5.02. The van der Waals surface area contributed by atoms with Crippen LogP contribution in [-0.2, 0) is 26.0 Å². The van der Waals surface area contributed by atoms with Crippen molar-refractivity contribution in [1.29, 1.82) is 0 Å². The topological polar surface area (TPSA) is 75.7 Å². The molecule has 1 saturated heterocycles. The van der Waals surface area contributed by atoms with Gasteiger partial charge in [-0.2, -0.15) is 4.31 Å². The molecule has 1 amide bonds. The number of halogens is 1. The molecule has 1 atom stereocenters. The van der Waals surface area contributed by atoms with Crippen LogP contribution in [-0.4, -0.2) is 38.3 Å². The van der Waals surface area contributed by atoms with Crippen LogP contribution in [0.1, 0.15) is 17.2 Å². The van der Waals surface area contributed by atoms with Gasteiger partial charge in [-0.05, 0) is 29.8 Å². The van der Waals surface area contributed by atoms with Gasteiger partial charge in [0.1, 0.15) is 0 Å². The average molecular weight is 393 g/mol. The molecule has 136 valence electrons. The number of hydrogen-bond donors (Lipinski definition) is 1. The second-order valence-corrected chi connectivity index (χ2v) is 8.63. The molecule has 0 spiro atoms. The smallest absolute Gasteiger partial charge is 0.243 e. The third-order valence-corrected chi connectivity index (χ3v) is 6.83. The minimum Gasteiger partial charge on any atom is -0.371 e. The molecule has 2 aliphatic rings. The van der Waals surface area contributed by atoms with E-state index in [9.17, 15) is 13.2 Å². The molecular formula is C18H17ClN2O4S. The number of fused-ring (bicyclic) bond motifs is 1. The molecule has 1 unspecified atom stereocenters. The Morgan fingerprint density at radius 2 is 2.00 bits per heavy atom. The number of sulfonamides is 1. The summed E-state index contributed by atoms with van der Waals surface area (Å²) in [6.45, 7) is 0.762. The first-order valence-electron chi connectivity index (χ1n) is 8.24. The summed E-state index contributed by atoms with van der Waals surface area (Å²) >= 11 is 6.23. The Kier molecular flexibility index (Phi) is 4.48. The second-order valence-electron chi connectivity index (χ2n) is 6.29. The summed E-state index contributed by atoms with van der Waals surface area (Å²) in [6.07, 6.45) is -0.214. The van der Waals surface area contributed by atoms with E-state index in [4.69, 9.17) is 16.3 Å². The molecule has 26 heavy (non-hydrogen) atoms. The van der Waals surface area contributed by atoms with Crippen molar-refractivity contribution in [1.82, 2.24) is 4.31 Å². The number of carbonyl (C=O) groups is 1. The van der Waals surface area contributed by atoms with E-state index in [1.54, 1.807) is 18.2 Å². The van der Waals surface area contributed by atoms with Gasteiger partial charge in [-0.15, -0.1) is 0 Å². The lowest BCUT2D eigenvalue weighted by Crippen LogP contribution is -2.42. The number of hydrogen-bond acceptors (Lipinski definition) is 4. The summed E-state index contributed by atoms with van der Waals surface area (Å²) in [5, 5.41) is 3.26. The zero-order valence-corrected chi connectivity index (χ0v) is 15.4. The number of carbonyl (C=O) groups excluding carboxylic acids is 1. The largest absolute Gasteiger partial charge is 0.371 e. The van der Waals surface area contributed by atoms with Gasteiger partial charge in [0.05, 0.1) is 24.0 Å². The number of rotatable bonds is 3. The summed E-state index contributed by atoms with van der Waals surface area (Å²) in [6, 6.07) is 12.0. The zero-order valence-electron chi connectivity index (χ0n) is 13.8. The van der Waals surface area contributed by atoms with E-state index in [1.165, 1.54) is 10.4 Å². The standard InChI is InChI=1S/C18H17ClN2O4S/c19-15-4-2-1-3-14(15)17-11-21(7-8-25-17)26(23,24)13-5-6-16-12(9-13)10-18(22)20-16/h1-6,9,17H,7-8,10-11H2,(H,20,22). The predicted octanol–water partition coefficient (Wildman–Crippen LogP) is 2.60. The van der Waals surface area contributed by atoms with E-state index in [2.05, 4.69) is 5.32 Å². The fourth-order valence-electron chi connectivity index (χ4n) is 3.28. The third kappa shape index (κ3) is 3.12. The molecule has 2 heterocycles. The van der Waals surface area contributed by atoms with Gasteiger partial charge in [0.2, 0.25) is 15.9 Å². The van der Waals surface area contributed by atoms with Crippen molar-refractivity contribution in [3.8, 4) is 0 Å². The number of ether oxygens (including phenoxy) is 1. The van der Waals surface area contributed by atoms with Crippen LogP contribution >= 0.6 is 11.6 Å². The molecule has 1 fully saturated rings. The van der Waals surface area contributed by atoms with Gasteiger partial charge < -0.3 is 10.1 Å². The summed E-state index contributed by atoms with van der Waals surface area (Å²) in [5.41, 5.74) is 2.15. The summed E-state index contributed by atoms with van der Waals surface area (Å²) in [5.74, 6) is -0.125. The van der Waals surface area contributed by atoms with Gasteiger partial charge in [-0.3, -0.25) is 4.79 Å². The van der Waals surface area contributed by atoms with Crippen molar-refractivity contribution in [3.05, 3.63) is 58.6 Å². The zero-order chi connectivity index (χ0) is 18.3. The molecule has 0 bridgehead atoms. The van der Waals surface area contributed by atoms with Crippen LogP contribution in [0.5, 0.6) is 0 Å². The Hall–Kier alpha value is -1.93. The lowest BCUT2D eigenvalue weighted by atomic mass is 10.1. The Labute approximate surface area is 156 Å². The SMILES string of the molecule is O=C1Cc2cc(S(=O)(=O)N3CCOC(c4ccccc4Cl)C3)ccc2N1. The maximum absolute atomic E-state index is 13.1. The van der Waals surface area contributed by atoms with Crippen molar-refractivity contribution in [2.75, 3.05) is 25.0 Å². The van der Waals surface area contributed by atoms with Crippen LogP contribution in [0, 0.1) is 0 Å². The molecule has 0 radical (unpaired) electrons. The van der Waals surface area contributed by atoms with Crippen LogP contribution in [0.2, 0.25) is 5.02 Å². The van der Waals surface area contributed by atoms with E-state index >= 15 is 0 Å². The van der Waals surface area contributed by atoms with Gasteiger partial charge in [0.15, 0.2) is 0 Å². The molecule has 8 heteroatoms. The maximum atomic E-state index is 13.1. The Bertz CT molecular complexity index is 977. The highest BCUT2D eigenvalue weighted by molar-refractivity contribution is 7.89. The lowest BCUT2D eigenvalue weighted by molar-refractivity contribution is -0.115. The highest BCUT2D eigenvalue weighted by Crippen LogP contribution is 2.32. The normalized spacial score (nSPS) is 20.7. The molecule has 0 aromatic heterocycles. The first kappa shape index (κ1) is 17.5. The number of nitrogens with one attached hydrogen (secondary N) is 1. The first-order chi connectivity index (χ1) is 12.4. The minimum atomic E-state index is -3.68. The summed E-state index contributed by atoms with van der Waals surface area (Å²) in [7, 11) is -3.68. The van der Waals surface area contributed by atoms with Gasteiger partial charge in [-0.1, -0.05) is 29.8 Å². The predicted molar refractivity (Wildman–Crippen MR) is 97.7 cm³/mol. The molecule has 0 aliphatic carbocycles. The van der Waals surface area contributed by atoms with E-state index in [0.717, 1.165) is 5.56 Å².